The highest BCUT2D eigenvalue weighted by molar-refractivity contribution is 7.89. The van der Waals surface area contributed by atoms with Crippen LogP contribution < -0.4 is 15.4 Å². The number of aryl methyl sites for hydroxylation is 1. The van der Waals surface area contributed by atoms with Crippen LogP contribution in [-0.4, -0.2) is 32.6 Å². The van der Waals surface area contributed by atoms with Gasteiger partial charge in [-0.05, 0) is 37.1 Å². The number of benzene rings is 1. The van der Waals surface area contributed by atoms with Crippen LogP contribution in [0.5, 0.6) is 0 Å². The molecule has 8 nitrogen and oxygen atoms in total. The van der Waals surface area contributed by atoms with Gasteiger partial charge >= 0.3 is 0 Å². The Kier molecular flexibility index (Phi) is 4.29. The third-order valence-electron chi connectivity index (χ3n) is 3.88. The van der Waals surface area contributed by atoms with E-state index in [2.05, 4.69) is 15.4 Å². The number of primary sulfonamides is 1. The third-order valence-corrected chi connectivity index (χ3v) is 4.79. The molecule has 3 N–H and O–H groups in total. The van der Waals surface area contributed by atoms with Crippen molar-refractivity contribution in [2.75, 3.05) is 23.3 Å². The summed E-state index contributed by atoms with van der Waals surface area (Å²) in [7, 11) is -3.70. The van der Waals surface area contributed by atoms with Crippen molar-refractivity contribution in [2.45, 2.75) is 24.7 Å². The van der Waals surface area contributed by atoms with Gasteiger partial charge in [0.05, 0.1) is 4.90 Å². The van der Waals surface area contributed by atoms with E-state index in [1.54, 1.807) is 25.1 Å². The number of hydrogen-bond donors (Lipinski definition) is 2. The lowest BCUT2D eigenvalue weighted by Gasteiger charge is -2.19. The Hall–Kier alpha value is -2.39. The molecule has 0 saturated heterocycles. The van der Waals surface area contributed by atoms with E-state index in [-0.39, 0.29) is 10.8 Å². The average Bonchev–Trinajstić information content (AvgIpc) is 3.10. The molecule has 0 aliphatic carbocycles. The van der Waals surface area contributed by atoms with Crippen LogP contribution in [0.1, 0.15) is 17.7 Å². The first-order valence-corrected chi connectivity index (χ1v) is 9.01. The lowest BCUT2D eigenvalue weighted by molar-refractivity contribution is -0.116. The minimum Gasteiger partial charge on any atom is -0.370 e. The highest BCUT2D eigenvalue weighted by Gasteiger charge is 2.22. The van der Waals surface area contributed by atoms with Gasteiger partial charge in [-0.1, -0.05) is 5.16 Å². The van der Waals surface area contributed by atoms with E-state index in [4.69, 9.17) is 9.66 Å². The first-order chi connectivity index (χ1) is 11.3. The summed E-state index contributed by atoms with van der Waals surface area (Å²) in [6.07, 6.45) is 1.02. The second kappa shape index (κ2) is 6.25. The van der Waals surface area contributed by atoms with Crippen molar-refractivity contribution in [3.05, 3.63) is 35.6 Å². The number of aromatic nitrogens is 1. The number of sulfonamides is 1. The lowest BCUT2D eigenvalue weighted by Crippen LogP contribution is -2.26. The van der Waals surface area contributed by atoms with Crippen molar-refractivity contribution in [1.29, 1.82) is 0 Å². The number of anilines is 2. The minimum atomic E-state index is -3.70. The number of nitrogens with one attached hydrogen (secondary N) is 1. The third kappa shape index (κ3) is 3.57. The highest BCUT2D eigenvalue weighted by Crippen LogP contribution is 2.29. The van der Waals surface area contributed by atoms with Gasteiger partial charge in [-0.25, -0.2) is 13.6 Å². The summed E-state index contributed by atoms with van der Waals surface area (Å²) in [4.78, 5) is 14.1. The fraction of sp³-hybridized carbons (Fsp3) is 0.333. The van der Waals surface area contributed by atoms with Gasteiger partial charge in [-0.3, -0.25) is 4.79 Å². The molecule has 1 aliphatic heterocycles. The fourth-order valence-electron chi connectivity index (χ4n) is 2.72. The molecule has 0 radical (unpaired) electrons. The van der Waals surface area contributed by atoms with E-state index in [0.29, 0.717) is 24.5 Å². The van der Waals surface area contributed by atoms with Gasteiger partial charge in [0.1, 0.15) is 5.76 Å². The summed E-state index contributed by atoms with van der Waals surface area (Å²) in [5, 5.41) is 11.5. The van der Waals surface area contributed by atoms with Crippen LogP contribution in [0.25, 0.3) is 0 Å². The van der Waals surface area contributed by atoms with Gasteiger partial charge in [0.15, 0.2) is 5.82 Å². The molecule has 1 aromatic carbocycles. The van der Waals surface area contributed by atoms with Crippen LogP contribution >= 0.6 is 0 Å². The summed E-state index contributed by atoms with van der Waals surface area (Å²) < 4.78 is 27.7. The van der Waals surface area contributed by atoms with Crippen molar-refractivity contribution < 1.29 is 17.7 Å². The van der Waals surface area contributed by atoms with E-state index in [1.165, 1.54) is 6.07 Å². The molecule has 9 heteroatoms. The van der Waals surface area contributed by atoms with Gasteiger partial charge < -0.3 is 14.7 Å². The number of rotatable bonds is 5. The molecule has 0 fully saturated rings. The number of nitrogens with zero attached hydrogens (tertiary/aromatic N) is 2. The molecule has 0 atom stereocenters. The Balaban J connectivity index is 1.61. The molecular weight excluding hydrogens is 332 g/mol. The summed E-state index contributed by atoms with van der Waals surface area (Å²) in [5.74, 6) is 0.874. The smallest absolute Gasteiger partial charge is 0.238 e. The second-order valence-corrected chi connectivity index (χ2v) is 7.25. The number of carbonyl (C=O) groups is 1. The molecule has 24 heavy (non-hydrogen) atoms. The SMILES string of the molecule is Cc1cc(NC(=O)CCN2CCc3cc(S(N)(=O)=O)ccc32)no1. The van der Waals surface area contributed by atoms with Crippen LogP contribution in [0.2, 0.25) is 0 Å². The summed E-state index contributed by atoms with van der Waals surface area (Å²) in [6.45, 7) is 3.02. The van der Waals surface area contributed by atoms with Crippen LogP contribution in [0.4, 0.5) is 11.5 Å². The zero-order chi connectivity index (χ0) is 17.3. The average molecular weight is 350 g/mol. The Morgan fingerprint density at radius 3 is 2.88 bits per heavy atom. The Labute approximate surface area is 139 Å². The maximum absolute atomic E-state index is 12.0. The maximum atomic E-state index is 12.0. The first kappa shape index (κ1) is 16.5. The number of amides is 1. The Morgan fingerprint density at radius 2 is 2.21 bits per heavy atom. The van der Waals surface area contributed by atoms with Gasteiger partial charge in [0.25, 0.3) is 0 Å². The van der Waals surface area contributed by atoms with Gasteiger partial charge in [-0.2, -0.15) is 0 Å². The molecule has 2 heterocycles. The summed E-state index contributed by atoms with van der Waals surface area (Å²) in [6, 6.07) is 6.48. The predicted molar refractivity (Wildman–Crippen MR) is 88.2 cm³/mol. The largest absolute Gasteiger partial charge is 0.370 e. The molecule has 1 aliphatic rings. The van der Waals surface area contributed by atoms with Crippen LogP contribution in [0, 0.1) is 6.92 Å². The van der Waals surface area contributed by atoms with Crippen LogP contribution in [0.3, 0.4) is 0 Å². The second-order valence-electron chi connectivity index (χ2n) is 5.69. The molecule has 0 spiro atoms. The van der Waals surface area contributed by atoms with Gasteiger partial charge in [0.2, 0.25) is 15.9 Å². The fourth-order valence-corrected chi connectivity index (χ4v) is 3.29. The number of carbonyl (C=O) groups excluding carboxylic acids is 1. The topological polar surface area (TPSA) is 119 Å². The van der Waals surface area contributed by atoms with E-state index in [0.717, 1.165) is 24.2 Å². The molecule has 1 amide bonds. The molecule has 0 unspecified atom stereocenters. The van der Waals surface area contributed by atoms with Crippen LogP contribution in [0.15, 0.2) is 33.7 Å². The van der Waals surface area contributed by atoms with E-state index in [1.807, 2.05) is 0 Å². The summed E-state index contributed by atoms with van der Waals surface area (Å²) >= 11 is 0. The maximum Gasteiger partial charge on any atom is 0.238 e. The lowest BCUT2D eigenvalue weighted by atomic mass is 10.2. The van der Waals surface area contributed by atoms with Crippen molar-refractivity contribution in [3.8, 4) is 0 Å². The number of hydrogen-bond acceptors (Lipinski definition) is 6. The van der Waals surface area contributed by atoms with Crippen molar-refractivity contribution in [3.63, 3.8) is 0 Å². The van der Waals surface area contributed by atoms with Crippen molar-refractivity contribution in [2.24, 2.45) is 5.14 Å². The zero-order valence-corrected chi connectivity index (χ0v) is 14.0. The molecule has 0 bridgehead atoms. The van der Waals surface area contributed by atoms with Gasteiger partial charge in [-0.15, -0.1) is 0 Å². The molecular formula is C15H18N4O4S. The number of fused-ring (bicyclic) bond motifs is 1. The minimum absolute atomic E-state index is 0.113. The molecule has 1 aromatic heterocycles. The molecule has 3 rings (SSSR count). The summed E-state index contributed by atoms with van der Waals surface area (Å²) in [5.41, 5.74) is 1.86. The predicted octanol–water partition coefficient (Wildman–Crippen LogP) is 1.02. The molecule has 0 saturated carbocycles. The van der Waals surface area contributed by atoms with Gasteiger partial charge in [0, 0.05) is 31.3 Å². The molecule has 2 aromatic rings. The van der Waals surface area contributed by atoms with Crippen molar-refractivity contribution >= 4 is 27.4 Å². The monoisotopic (exact) mass is 350 g/mol. The number of nitrogens with two attached hydrogens (primary N) is 1. The van der Waals surface area contributed by atoms with Crippen molar-refractivity contribution in [1.82, 2.24) is 5.16 Å². The van der Waals surface area contributed by atoms with Crippen LogP contribution in [-0.2, 0) is 21.2 Å². The zero-order valence-electron chi connectivity index (χ0n) is 13.2. The quantitative estimate of drug-likeness (QED) is 0.831. The first-order valence-electron chi connectivity index (χ1n) is 7.47. The standard InChI is InChI=1S/C15H18N4O4S/c1-10-8-14(18-23-10)17-15(20)5-7-19-6-4-11-9-12(24(16,21)22)2-3-13(11)19/h2-3,8-9H,4-7H2,1H3,(H2,16,21,22)(H,17,18,20). The van der Waals surface area contributed by atoms with E-state index >= 15 is 0 Å². The molecule has 128 valence electrons. The normalized spacial score (nSPS) is 13.8. The van der Waals surface area contributed by atoms with E-state index in [9.17, 15) is 13.2 Å². The van der Waals surface area contributed by atoms with E-state index < -0.39 is 10.0 Å². The Morgan fingerprint density at radius 1 is 1.42 bits per heavy atom. The highest BCUT2D eigenvalue weighted by atomic mass is 32.2. The Bertz CT molecular complexity index is 875.